The summed E-state index contributed by atoms with van der Waals surface area (Å²) in [6.45, 7) is 8.54. The molecule has 1 atom stereocenters. The van der Waals surface area contributed by atoms with Crippen molar-refractivity contribution in [2.45, 2.75) is 27.2 Å². The van der Waals surface area contributed by atoms with Crippen molar-refractivity contribution in [2.24, 2.45) is 11.7 Å². The van der Waals surface area contributed by atoms with E-state index in [1.807, 2.05) is 18.2 Å². The van der Waals surface area contributed by atoms with Crippen molar-refractivity contribution in [1.82, 2.24) is 0 Å². The van der Waals surface area contributed by atoms with Crippen LogP contribution in [0.1, 0.15) is 32.8 Å². The van der Waals surface area contributed by atoms with Gasteiger partial charge in [-0.1, -0.05) is 31.9 Å². The zero-order valence-electron chi connectivity index (χ0n) is 11.3. The molecule has 0 amide bonds. The van der Waals surface area contributed by atoms with E-state index in [1.54, 1.807) is 0 Å². The van der Waals surface area contributed by atoms with Gasteiger partial charge in [-0.3, -0.25) is 5.41 Å². The fourth-order valence-electron chi connectivity index (χ4n) is 1.84. The zero-order chi connectivity index (χ0) is 13.7. The van der Waals surface area contributed by atoms with Crippen LogP contribution in [-0.4, -0.2) is 18.9 Å². The van der Waals surface area contributed by atoms with Crippen LogP contribution in [0.3, 0.4) is 0 Å². The quantitative estimate of drug-likeness (QED) is 0.612. The van der Waals surface area contributed by atoms with E-state index in [-0.39, 0.29) is 5.84 Å². The molecule has 1 aromatic carbocycles. The molecule has 0 spiro atoms. The topological polar surface area (TPSA) is 53.1 Å². The summed E-state index contributed by atoms with van der Waals surface area (Å²) in [5.74, 6) is 0.660. The Balaban J connectivity index is 2.94. The van der Waals surface area contributed by atoms with Crippen LogP contribution in [0.5, 0.6) is 0 Å². The Hall–Kier alpha value is -1.22. The summed E-state index contributed by atoms with van der Waals surface area (Å²) < 4.78 is 0. The van der Waals surface area contributed by atoms with Gasteiger partial charge < -0.3 is 10.6 Å². The first kappa shape index (κ1) is 14.8. The Kier molecular flexibility index (Phi) is 5.48. The van der Waals surface area contributed by atoms with Gasteiger partial charge in [-0.05, 0) is 31.0 Å². The third-order valence-electron chi connectivity index (χ3n) is 3.22. The maximum absolute atomic E-state index is 7.42. The highest BCUT2D eigenvalue weighted by molar-refractivity contribution is 6.34. The van der Waals surface area contributed by atoms with Gasteiger partial charge in [0.1, 0.15) is 5.84 Å². The van der Waals surface area contributed by atoms with Crippen LogP contribution < -0.4 is 10.6 Å². The maximum Gasteiger partial charge on any atom is 0.124 e. The van der Waals surface area contributed by atoms with Crippen molar-refractivity contribution >= 4 is 23.1 Å². The van der Waals surface area contributed by atoms with Crippen LogP contribution in [0, 0.1) is 11.3 Å². The first-order valence-corrected chi connectivity index (χ1v) is 6.76. The minimum Gasteiger partial charge on any atom is -0.384 e. The largest absolute Gasteiger partial charge is 0.384 e. The molecule has 0 fully saturated rings. The molecule has 0 aromatic heterocycles. The molecule has 1 unspecified atom stereocenters. The van der Waals surface area contributed by atoms with Crippen LogP contribution in [0.15, 0.2) is 18.2 Å². The smallest absolute Gasteiger partial charge is 0.124 e. The number of nitrogens with zero attached hydrogens (tertiary/aromatic N) is 1. The number of rotatable bonds is 6. The number of amidine groups is 1. The highest BCUT2D eigenvalue weighted by Gasteiger charge is 2.11. The lowest BCUT2D eigenvalue weighted by molar-refractivity contribution is 0.548. The number of hydrogen-bond donors (Lipinski definition) is 2. The number of benzene rings is 1. The van der Waals surface area contributed by atoms with Gasteiger partial charge in [0.15, 0.2) is 0 Å². The summed E-state index contributed by atoms with van der Waals surface area (Å²) in [5, 5.41) is 7.97. The van der Waals surface area contributed by atoms with Gasteiger partial charge in [0.05, 0.1) is 5.02 Å². The molecule has 0 saturated carbocycles. The molecule has 100 valence electrons. The fraction of sp³-hybridized carbons (Fsp3) is 0.500. The van der Waals surface area contributed by atoms with Gasteiger partial charge in [-0.25, -0.2) is 0 Å². The SMILES string of the molecule is CCC(C)CN(CC)c1ccc(C(=N)N)c(Cl)c1. The normalized spacial score (nSPS) is 12.2. The predicted octanol–water partition coefficient (Wildman–Crippen LogP) is 3.50. The van der Waals surface area contributed by atoms with E-state index in [0.29, 0.717) is 16.5 Å². The van der Waals surface area contributed by atoms with Crippen LogP contribution in [0.2, 0.25) is 5.02 Å². The molecule has 4 heteroatoms. The van der Waals surface area contributed by atoms with E-state index in [2.05, 4.69) is 25.7 Å². The molecule has 0 aliphatic carbocycles. The first-order valence-electron chi connectivity index (χ1n) is 6.38. The second kappa shape index (κ2) is 6.64. The second-order valence-corrected chi connectivity index (χ2v) is 5.04. The van der Waals surface area contributed by atoms with Gasteiger partial charge in [0.2, 0.25) is 0 Å². The average Bonchev–Trinajstić information content (AvgIpc) is 2.34. The van der Waals surface area contributed by atoms with Gasteiger partial charge in [-0.2, -0.15) is 0 Å². The van der Waals surface area contributed by atoms with Crippen LogP contribution >= 0.6 is 11.6 Å². The van der Waals surface area contributed by atoms with E-state index in [0.717, 1.165) is 25.2 Å². The highest BCUT2D eigenvalue weighted by atomic mass is 35.5. The Morgan fingerprint density at radius 1 is 1.44 bits per heavy atom. The third-order valence-corrected chi connectivity index (χ3v) is 3.53. The molecule has 3 nitrogen and oxygen atoms in total. The van der Waals surface area contributed by atoms with Crippen molar-refractivity contribution in [3.63, 3.8) is 0 Å². The molecule has 0 heterocycles. The number of hydrogen-bond acceptors (Lipinski definition) is 2. The van der Waals surface area contributed by atoms with Crippen molar-refractivity contribution in [3.8, 4) is 0 Å². The number of anilines is 1. The lowest BCUT2D eigenvalue weighted by atomic mass is 10.1. The summed E-state index contributed by atoms with van der Waals surface area (Å²) in [7, 11) is 0. The molecule has 0 aliphatic rings. The number of nitrogens with one attached hydrogen (secondary N) is 1. The van der Waals surface area contributed by atoms with Crippen molar-refractivity contribution in [1.29, 1.82) is 5.41 Å². The summed E-state index contributed by atoms with van der Waals surface area (Å²) in [6, 6.07) is 5.69. The minimum absolute atomic E-state index is 0.0107. The number of halogens is 1. The van der Waals surface area contributed by atoms with Crippen molar-refractivity contribution < 1.29 is 0 Å². The van der Waals surface area contributed by atoms with E-state index in [1.165, 1.54) is 0 Å². The fourth-order valence-corrected chi connectivity index (χ4v) is 2.12. The molecular weight excluding hydrogens is 246 g/mol. The third kappa shape index (κ3) is 3.64. The minimum atomic E-state index is 0.0107. The molecule has 18 heavy (non-hydrogen) atoms. The molecule has 0 aliphatic heterocycles. The van der Waals surface area contributed by atoms with Crippen LogP contribution in [0.25, 0.3) is 0 Å². The number of nitrogen functional groups attached to an aromatic ring is 1. The summed E-state index contributed by atoms with van der Waals surface area (Å²) in [4.78, 5) is 2.30. The second-order valence-electron chi connectivity index (χ2n) is 4.63. The predicted molar refractivity (Wildman–Crippen MR) is 79.8 cm³/mol. The van der Waals surface area contributed by atoms with Crippen molar-refractivity contribution in [2.75, 3.05) is 18.0 Å². The van der Waals surface area contributed by atoms with E-state index in [4.69, 9.17) is 22.7 Å². The Morgan fingerprint density at radius 3 is 2.56 bits per heavy atom. The molecule has 0 radical (unpaired) electrons. The molecule has 1 rings (SSSR count). The molecule has 0 saturated heterocycles. The summed E-state index contributed by atoms with van der Waals surface area (Å²) in [6.07, 6.45) is 1.16. The molecule has 3 N–H and O–H groups in total. The monoisotopic (exact) mass is 267 g/mol. The average molecular weight is 268 g/mol. The Labute approximate surface area is 114 Å². The maximum atomic E-state index is 7.42. The summed E-state index contributed by atoms with van der Waals surface area (Å²) in [5.41, 5.74) is 7.15. The lowest BCUT2D eigenvalue weighted by Crippen LogP contribution is -2.28. The first-order chi connectivity index (χ1) is 8.49. The Morgan fingerprint density at radius 2 is 2.11 bits per heavy atom. The van der Waals surface area contributed by atoms with Gasteiger partial charge in [0, 0.05) is 24.3 Å². The van der Waals surface area contributed by atoms with E-state index >= 15 is 0 Å². The van der Waals surface area contributed by atoms with Gasteiger partial charge >= 0.3 is 0 Å². The van der Waals surface area contributed by atoms with Crippen molar-refractivity contribution in [3.05, 3.63) is 28.8 Å². The van der Waals surface area contributed by atoms with Gasteiger partial charge in [-0.15, -0.1) is 0 Å². The molecule has 1 aromatic rings. The zero-order valence-corrected chi connectivity index (χ0v) is 12.1. The number of nitrogens with two attached hydrogens (primary N) is 1. The molecular formula is C14H22ClN3. The molecule has 0 bridgehead atoms. The van der Waals surface area contributed by atoms with Crippen LogP contribution in [0.4, 0.5) is 5.69 Å². The Bertz CT molecular complexity index is 418. The van der Waals surface area contributed by atoms with Crippen LogP contribution in [-0.2, 0) is 0 Å². The van der Waals surface area contributed by atoms with E-state index < -0.39 is 0 Å². The van der Waals surface area contributed by atoms with E-state index in [9.17, 15) is 0 Å². The summed E-state index contributed by atoms with van der Waals surface area (Å²) >= 11 is 6.15. The standard InChI is InChI=1S/C14H22ClN3/c1-4-10(3)9-18(5-2)11-6-7-12(14(16)17)13(15)8-11/h6-8,10H,4-5,9H2,1-3H3,(H3,16,17). The van der Waals surface area contributed by atoms with Gasteiger partial charge in [0.25, 0.3) is 0 Å². The lowest BCUT2D eigenvalue weighted by Gasteiger charge is -2.26. The highest BCUT2D eigenvalue weighted by Crippen LogP contribution is 2.24.